The molecular formula is C10H24O10P2. The van der Waals surface area contributed by atoms with E-state index in [1.54, 1.807) is 0 Å². The van der Waals surface area contributed by atoms with Gasteiger partial charge in [0.2, 0.25) is 0 Å². The molecule has 12 heteroatoms. The maximum Gasteiger partial charge on any atom is 0.327 e. The molecule has 0 aliphatic heterocycles. The molecule has 0 aromatic heterocycles. The Morgan fingerprint density at radius 3 is 1.82 bits per heavy atom. The first-order valence-electron chi connectivity index (χ1n) is 6.49. The second kappa shape index (κ2) is 11.6. The third-order valence-electron chi connectivity index (χ3n) is 2.30. The van der Waals surface area contributed by atoms with E-state index in [0.29, 0.717) is 13.2 Å². The summed E-state index contributed by atoms with van der Waals surface area (Å²) in [5.41, 5.74) is 0. The molecule has 0 spiro atoms. The third-order valence-corrected chi connectivity index (χ3v) is 3.83. The lowest BCUT2D eigenvalue weighted by Gasteiger charge is -2.18. The highest BCUT2D eigenvalue weighted by Gasteiger charge is 2.17. The van der Waals surface area contributed by atoms with Crippen molar-refractivity contribution in [2.75, 3.05) is 59.1 Å². The minimum absolute atomic E-state index is 0.00581. The minimum atomic E-state index is -4.14. The predicted octanol–water partition coefficient (Wildman–Crippen LogP) is -0.593. The molecule has 10 nitrogen and oxygen atoms in total. The monoisotopic (exact) mass is 366 g/mol. The van der Waals surface area contributed by atoms with E-state index in [1.807, 2.05) is 0 Å². The van der Waals surface area contributed by atoms with Crippen LogP contribution in [-0.2, 0) is 28.1 Å². The number of hydrogen-bond donors (Lipinski definition) is 4. The molecule has 0 rings (SSSR count). The topological polar surface area (TPSA) is 152 Å². The number of hydrogen-bond acceptors (Lipinski definition) is 6. The highest BCUT2D eigenvalue weighted by molar-refractivity contribution is 7.52. The normalized spacial score (nSPS) is 14.2. The Bertz CT molecular complexity index is 365. The van der Waals surface area contributed by atoms with Gasteiger partial charge >= 0.3 is 15.2 Å². The summed E-state index contributed by atoms with van der Waals surface area (Å²) in [6.45, 7) is 0.477. The van der Waals surface area contributed by atoms with E-state index in [-0.39, 0.29) is 26.4 Å². The average Bonchev–Trinajstić information content (AvgIpc) is 2.36. The Kier molecular flexibility index (Phi) is 11.7. The summed E-state index contributed by atoms with van der Waals surface area (Å²) in [4.78, 5) is 34.9. The molecule has 0 fully saturated rings. The lowest BCUT2D eigenvalue weighted by molar-refractivity contribution is -0.0600. The molecule has 1 unspecified atom stereocenters. The first-order chi connectivity index (χ1) is 10.1. The zero-order valence-electron chi connectivity index (χ0n) is 12.4. The number of ether oxygens (including phenoxy) is 4. The van der Waals surface area contributed by atoms with Crippen molar-refractivity contribution < 1.29 is 47.7 Å². The van der Waals surface area contributed by atoms with Crippen LogP contribution in [0.15, 0.2) is 0 Å². The lowest BCUT2D eigenvalue weighted by Crippen LogP contribution is -2.28. The number of methoxy groups -OCH3 is 1. The molecule has 0 saturated carbocycles. The van der Waals surface area contributed by atoms with Gasteiger partial charge < -0.3 is 38.5 Å². The van der Waals surface area contributed by atoms with Gasteiger partial charge in [-0.1, -0.05) is 0 Å². The van der Waals surface area contributed by atoms with Crippen molar-refractivity contribution in [2.24, 2.45) is 0 Å². The van der Waals surface area contributed by atoms with Crippen LogP contribution in [0, 0.1) is 0 Å². The molecule has 0 aliphatic carbocycles. The molecule has 22 heavy (non-hydrogen) atoms. The van der Waals surface area contributed by atoms with Crippen LogP contribution >= 0.6 is 15.2 Å². The first-order valence-corrected chi connectivity index (χ1v) is 10.1. The van der Waals surface area contributed by atoms with Crippen molar-refractivity contribution in [1.29, 1.82) is 0 Å². The largest absolute Gasteiger partial charge is 0.382 e. The summed E-state index contributed by atoms with van der Waals surface area (Å²) in [5, 5.41) is 0. The molecule has 0 saturated heterocycles. The van der Waals surface area contributed by atoms with Crippen molar-refractivity contribution in [3.05, 3.63) is 0 Å². The first kappa shape index (κ1) is 22.1. The van der Waals surface area contributed by atoms with E-state index in [4.69, 9.17) is 38.5 Å². The molecule has 0 radical (unpaired) electrons. The second-order valence-corrected chi connectivity index (χ2v) is 7.97. The van der Waals surface area contributed by atoms with E-state index in [0.717, 1.165) is 0 Å². The van der Waals surface area contributed by atoms with Crippen LogP contribution in [0.2, 0.25) is 0 Å². The van der Waals surface area contributed by atoms with Crippen LogP contribution in [0.3, 0.4) is 0 Å². The Hall–Kier alpha value is 0.140. The van der Waals surface area contributed by atoms with E-state index >= 15 is 0 Å². The van der Waals surface area contributed by atoms with E-state index in [1.165, 1.54) is 7.11 Å². The third kappa shape index (κ3) is 16.5. The van der Waals surface area contributed by atoms with Crippen LogP contribution in [-0.4, -0.2) is 84.8 Å². The molecular weight excluding hydrogens is 342 g/mol. The molecule has 0 heterocycles. The van der Waals surface area contributed by atoms with Gasteiger partial charge in [0.25, 0.3) is 0 Å². The van der Waals surface area contributed by atoms with Crippen LogP contribution in [0.25, 0.3) is 0 Å². The van der Waals surface area contributed by atoms with Gasteiger partial charge in [-0.15, -0.1) is 0 Å². The maximum atomic E-state index is 10.7. The zero-order valence-corrected chi connectivity index (χ0v) is 14.2. The molecule has 0 bridgehead atoms. The molecule has 134 valence electrons. The minimum Gasteiger partial charge on any atom is -0.382 e. The fourth-order valence-electron chi connectivity index (χ4n) is 1.24. The van der Waals surface area contributed by atoms with E-state index in [2.05, 4.69) is 0 Å². The van der Waals surface area contributed by atoms with Gasteiger partial charge in [-0.3, -0.25) is 9.13 Å². The fourth-order valence-corrected chi connectivity index (χ4v) is 1.95. The highest BCUT2D eigenvalue weighted by Crippen LogP contribution is 2.34. The van der Waals surface area contributed by atoms with Crippen molar-refractivity contribution in [3.8, 4) is 0 Å². The van der Waals surface area contributed by atoms with Gasteiger partial charge in [0.05, 0.1) is 52.0 Å². The van der Waals surface area contributed by atoms with Gasteiger partial charge in [0, 0.05) is 7.11 Å². The Morgan fingerprint density at radius 2 is 1.32 bits per heavy atom. The smallest absolute Gasteiger partial charge is 0.327 e. The SMILES string of the molecule is COCCOCC(COCCP(=O)(O)O)OCCP(=O)(O)O. The Balaban J connectivity index is 4.04. The van der Waals surface area contributed by atoms with Gasteiger partial charge in [-0.05, 0) is 0 Å². The van der Waals surface area contributed by atoms with Gasteiger partial charge in [-0.2, -0.15) is 0 Å². The molecule has 0 amide bonds. The molecule has 4 N–H and O–H groups in total. The summed E-state index contributed by atoms with van der Waals surface area (Å²) in [6.07, 6.45) is -1.43. The van der Waals surface area contributed by atoms with Crippen LogP contribution < -0.4 is 0 Å². The van der Waals surface area contributed by atoms with E-state index < -0.39 is 33.6 Å². The summed E-state index contributed by atoms with van der Waals surface area (Å²) in [5.74, 6) is 0. The standard InChI is InChI=1S/C10H24O10P2/c1-17-2-3-18-8-10(20-5-7-22(14,15)16)9-19-4-6-21(11,12)13/h10H,2-9H2,1H3,(H2,11,12,13)(H2,14,15,16). The van der Waals surface area contributed by atoms with Crippen LogP contribution in [0.5, 0.6) is 0 Å². The Labute approximate surface area is 129 Å². The molecule has 1 atom stereocenters. The zero-order chi connectivity index (χ0) is 17.1. The molecule has 0 aromatic carbocycles. The summed E-state index contributed by atoms with van der Waals surface area (Å²) in [7, 11) is -6.74. The highest BCUT2D eigenvalue weighted by atomic mass is 31.2. The van der Waals surface area contributed by atoms with Gasteiger partial charge in [0.15, 0.2) is 0 Å². The predicted molar refractivity (Wildman–Crippen MR) is 77.1 cm³/mol. The average molecular weight is 366 g/mol. The van der Waals surface area contributed by atoms with Crippen molar-refractivity contribution >= 4 is 15.2 Å². The van der Waals surface area contributed by atoms with Gasteiger partial charge in [-0.25, -0.2) is 0 Å². The van der Waals surface area contributed by atoms with Crippen LogP contribution in [0.4, 0.5) is 0 Å². The van der Waals surface area contributed by atoms with E-state index in [9.17, 15) is 9.13 Å². The molecule has 0 aliphatic rings. The fraction of sp³-hybridized carbons (Fsp3) is 1.00. The summed E-state index contributed by atoms with van der Waals surface area (Å²) < 4.78 is 41.8. The second-order valence-electron chi connectivity index (χ2n) is 4.41. The van der Waals surface area contributed by atoms with Crippen molar-refractivity contribution in [3.63, 3.8) is 0 Å². The maximum absolute atomic E-state index is 10.7. The lowest BCUT2D eigenvalue weighted by atomic mass is 10.4. The Morgan fingerprint density at radius 1 is 0.818 bits per heavy atom. The molecule has 0 aromatic rings. The summed E-state index contributed by atoms with van der Waals surface area (Å²) in [6, 6.07) is 0. The van der Waals surface area contributed by atoms with Crippen molar-refractivity contribution in [2.45, 2.75) is 6.10 Å². The quantitative estimate of drug-likeness (QED) is 0.232. The van der Waals surface area contributed by atoms with Gasteiger partial charge in [0.1, 0.15) is 6.10 Å². The van der Waals surface area contributed by atoms with Crippen molar-refractivity contribution in [1.82, 2.24) is 0 Å². The number of rotatable bonds is 14. The summed E-state index contributed by atoms with van der Waals surface area (Å²) >= 11 is 0. The van der Waals surface area contributed by atoms with Crippen LogP contribution in [0.1, 0.15) is 0 Å².